The van der Waals surface area contributed by atoms with Crippen LogP contribution < -0.4 is 16.4 Å². The summed E-state index contributed by atoms with van der Waals surface area (Å²) in [4.78, 5) is 30.4. The maximum atomic E-state index is 11.9. The van der Waals surface area contributed by atoms with Gasteiger partial charge in [0.15, 0.2) is 5.65 Å². The molecule has 23 heavy (non-hydrogen) atoms. The fourth-order valence-electron chi connectivity index (χ4n) is 1.97. The largest absolute Gasteiger partial charge is 0.850 e. The van der Waals surface area contributed by atoms with Crippen LogP contribution in [-0.4, -0.2) is 57.9 Å². The molecule has 8 nitrogen and oxygen atoms in total. The van der Waals surface area contributed by atoms with Gasteiger partial charge in [0.1, 0.15) is 5.52 Å². The summed E-state index contributed by atoms with van der Waals surface area (Å²) in [6, 6.07) is 0. The average Bonchev–Trinajstić information content (AvgIpc) is 2.94. The van der Waals surface area contributed by atoms with E-state index in [0.29, 0.717) is 17.7 Å². The highest BCUT2D eigenvalue weighted by Crippen LogP contribution is 2.02. The standard InChI is InChI=1S/C10H14N4O2.C5H13NO/c1-3-4-5-14-8-7(11-6-12-8)9(15)13(2)10(14)16;1-6(2,3)4-5-7/h6H,3-5H2,1-2H3,(H,11,12);4-5H2,1-3H3. The topological polar surface area (TPSA) is 95.7 Å². The Bertz CT molecular complexity index is 736. The van der Waals surface area contributed by atoms with E-state index in [2.05, 4.69) is 16.9 Å². The summed E-state index contributed by atoms with van der Waals surface area (Å²) < 4.78 is 3.43. The van der Waals surface area contributed by atoms with Crippen molar-refractivity contribution in [1.82, 2.24) is 19.1 Å². The molecule has 0 saturated carbocycles. The van der Waals surface area contributed by atoms with Crippen LogP contribution in [0.4, 0.5) is 0 Å². The Morgan fingerprint density at radius 1 is 1.30 bits per heavy atom. The van der Waals surface area contributed by atoms with Crippen molar-refractivity contribution in [3.8, 4) is 0 Å². The molecule has 8 heteroatoms. The molecule has 0 amide bonds. The lowest BCUT2D eigenvalue weighted by Gasteiger charge is -2.25. The van der Waals surface area contributed by atoms with Crippen molar-refractivity contribution in [2.75, 3.05) is 34.3 Å². The first kappa shape index (κ1) is 19.1. The second kappa shape index (κ2) is 8.07. The summed E-state index contributed by atoms with van der Waals surface area (Å²) in [7, 11) is 7.51. The Morgan fingerprint density at radius 3 is 2.43 bits per heavy atom. The van der Waals surface area contributed by atoms with Gasteiger partial charge < -0.3 is 14.6 Å². The number of H-pyrrole nitrogens is 1. The number of imidazole rings is 1. The Hall–Kier alpha value is -1.93. The van der Waals surface area contributed by atoms with Crippen molar-refractivity contribution in [3.05, 3.63) is 27.2 Å². The quantitative estimate of drug-likeness (QED) is 0.734. The van der Waals surface area contributed by atoms with E-state index in [1.807, 2.05) is 21.1 Å². The summed E-state index contributed by atoms with van der Waals surface area (Å²) in [5.74, 6) is 0. The van der Waals surface area contributed by atoms with Crippen LogP contribution in [0.3, 0.4) is 0 Å². The molecule has 2 aromatic heterocycles. The number of aromatic amines is 1. The predicted molar refractivity (Wildman–Crippen MR) is 88.3 cm³/mol. The van der Waals surface area contributed by atoms with E-state index in [1.54, 1.807) is 0 Å². The third-order valence-electron chi connectivity index (χ3n) is 3.41. The second-order valence-electron chi connectivity index (χ2n) is 6.47. The lowest BCUT2D eigenvalue weighted by Crippen LogP contribution is -2.39. The molecule has 2 heterocycles. The Labute approximate surface area is 135 Å². The maximum Gasteiger partial charge on any atom is 0.332 e. The molecule has 0 fully saturated rings. The molecule has 0 unspecified atom stereocenters. The number of aryl methyl sites for hydroxylation is 1. The van der Waals surface area contributed by atoms with Crippen LogP contribution in [-0.2, 0) is 13.6 Å². The number of likely N-dealkylation sites (N-methyl/N-ethyl adjacent to an activating group) is 1. The van der Waals surface area contributed by atoms with Crippen LogP contribution in [0.1, 0.15) is 19.8 Å². The first-order chi connectivity index (χ1) is 10.7. The summed E-state index contributed by atoms with van der Waals surface area (Å²) in [5, 5.41) is 9.93. The normalized spacial score (nSPS) is 11.4. The van der Waals surface area contributed by atoms with Crippen LogP contribution in [0, 0.1) is 0 Å². The highest BCUT2D eigenvalue weighted by molar-refractivity contribution is 5.68. The van der Waals surface area contributed by atoms with Gasteiger partial charge >= 0.3 is 5.69 Å². The lowest BCUT2D eigenvalue weighted by molar-refractivity contribution is -0.875. The van der Waals surface area contributed by atoms with Gasteiger partial charge in [0.25, 0.3) is 5.56 Å². The van der Waals surface area contributed by atoms with E-state index in [1.165, 1.54) is 17.9 Å². The zero-order valence-electron chi connectivity index (χ0n) is 14.6. The highest BCUT2D eigenvalue weighted by Gasteiger charge is 2.11. The van der Waals surface area contributed by atoms with Crippen LogP contribution in [0.5, 0.6) is 0 Å². The number of unbranched alkanes of at least 4 members (excludes halogenated alkanes) is 1. The third-order valence-corrected chi connectivity index (χ3v) is 3.41. The number of fused-ring (bicyclic) bond motifs is 1. The van der Waals surface area contributed by atoms with Gasteiger partial charge in [-0.25, -0.2) is 9.78 Å². The van der Waals surface area contributed by atoms with Crippen LogP contribution in [0.25, 0.3) is 11.2 Å². The molecule has 0 saturated heterocycles. The van der Waals surface area contributed by atoms with Gasteiger partial charge in [0, 0.05) is 13.6 Å². The molecule has 130 valence electrons. The van der Waals surface area contributed by atoms with Gasteiger partial charge in [-0.1, -0.05) is 20.0 Å². The Kier molecular flexibility index (Phi) is 6.71. The number of rotatable bonds is 5. The zero-order valence-corrected chi connectivity index (χ0v) is 14.6. The summed E-state index contributed by atoms with van der Waals surface area (Å²) in [6.07, 6.45) is 3.31. The number of hydrogen-bond donors (Lipinski definition) is 1. The van der Waals surface area contributed by atoms with Gasteiger partial charge in [0.05, 0.1) is 34.0 Å². The number of aromatic nitrogens is 4. The Balaban J connectivity index is 0.000000322. The first-order valence-corrected chi connectivity index (χ1v) is 7.74. The number of hydrogen-bond acceptors (Lipinski definition) is 4. The van der Waals surface area contributed by atoms with E-state index in [4.69, 9.17) is 0 Å². The van der Waals surface area contributed by atoms with Gasteiger partial charge in [-0.05, 0) is 6.42 Å². The molecule has 0 atom stereocenters. The SMILES string of the molecule is CCCCn1c(=O)n(C)c(=O)c2[nH]cnc21.C[N+](C)(C)CC[O-]. The highest BCUT2D eigenvalue weighted by atomic mass is 16.3. The van der Waals surface area contributed by atoms with Crippen molar-refractivity contribution < 1.29 is 9.59 Å². The minimum absolute atomic E-state index is 0.0312. The summed E-state index contributed by atoms with van der Waals surface area (Å²) in [6.45, 7) is 3.39. The first-order valence-electron chi connectivity index (χ1n) is 7.74. The molecule has 0 aromatic carbocycles. The van der Waals surface area contributed by atoms with E-state index in [0.717, 1.165) is 28.4 Å². The summed E-state index contributed by atoms with van der Waals surface area (Å²) in [5.41, 5.74) is 0.197. The van der Waals surface area contributed by atoms with Gasteiger partial charge in [0.2, 0.25) is 0 Å². The molecule has 1 N–H and O–H groups in total. The van der Waals surface area contributed by atoms with Crippen molar-refractivity contribution in [2.45, 2.75) is 26.3 Å². The molecule has 0 spiro atoms. The lowest BCUT2D eigenvalue weighted by atomic mass is 10.3. The molecule has 0 aliphatic heterocycles. The number of quaternary nitrogens is 1. The smallest absolute Gasteiger partial charge is 0.332 e. The molecular weight excluding hydrogens is 298 g/mol. The van der Waals surface area contributed by atoms with Crippen LogP contribution in [0.2, 0.25) is 0 Å². The zero-order chi connectivity index (χ0) is 17.6. The molecular formula is C15H27N5O3. The number of nitrogens with zero attached hydrogens (tertiary/aromatic N) is 4. The predicted octanol–water partition coefficient (Wildman–Crippen LogP) is -0.724. The van der Waals surface area contributed by atoms with Gasteiger partial charge in [-0.3, -0.25) is 13.9 Å². The van der Waals surface area contributed by atoms with Crippen molar-refractivity contribution in [3.63, 3.8) is 0 Å². The molecule has 0 aliphatic carbocycles. The minimum Gasteiger partial charge on any atom is -0.850 e. The van der Waals surface area contributed by atoms with E-state index >= 15 is 0 Å². The van der Waals surface area contributed by atoms with Crippen LogP contribution >= 0.6 is 0 Å². The molecule has 0 aliphatic rings. The molecule has 2 aromatic rings. The molecule has 2 rings (SSSR count). The van der Waals surface area contributed by atoms with E-state index in [9.17, 15) is 14.7 Å². The van der Waals surface area contributed by atoms with E-state index < -0.39 is 0 Å². The third kappa shape index (κ3) is 5.04. The van der Waals surface area contributed by atoms with E-state index in [-0.39, 0.29) is 17.9 Å². The monoisotopic (exact) mass is 325 g/mol. The second-order valence-corrected chi connectivity index (χ2v) is 6.47. The number of nitrogens with one attached hydrogen (secondary N) is 1. The van der Waals surface area contributed by atoms with Gasteiger partial charge in [-0.15, -0.1) is 0 Å². The fraction of sp³-hybridized carbons (Fsp3) is 0.667. The van der Waals surface area contributed by atoms with Crippen molar-refractivity contribution in [1.29, 1.82) is 0 Å². The minimum atomic E-state index is -0.328. The van der Waals surface area contributed by atoms with Gasteiger partial charge in [-0.2, -0.15) is 0 Å². The Morgan fingerprint density at radius 2 is 1.96 bits per heavy atom. The fourth-order valence-corrected chi connectivity index (χ4v) is 1.97. The summed E-state index contributed by atoms with van der Waals surface area (Å²) >= 11 is 0. The van der Waals surface area contributed by atoms with Crippen molar-refractivity contribution >= 4 is 11.2 Å². The average molecular weight is 325 g/mol. The maximum absolute atomic E-state index is 11.9. The van der Waals surface area contributed by atoms with Crippen LogP contribution in [0.15, 0.2) is 15.9 Å². The molecule has 0 bridgehead atoms. The molecule has 0 radical (unpaired) electrons. The van der Waals surface area contributed by atoms with Crippen molar-refractivity contribution in [2.24, 2.45) is 7.05 Å².